The van der Waals surface area contributed by atoms with Crippen LogP contribution in [0.1, 0.15) is 31.9 Å². The Morgan fingerprint density at radius 2 is 2.00 bits per heavy atom. The Labute approximate surface area is 205 Å². The second-order valence-corrected chi connectivity index (χ2v) is 11.0. The zero-order chi connectivity index (χ0) is 25.4. The normalized spacial score (nSPS) is 27.5. The van der Waals surface area contributed by atoms with Crippen molar-refractivity contribution in [3.05, 3.63) is 11.5 Å². The van der Waals surface area contributed by atoms with Gasteiger partial charge in [0.2, 0.25) is 10.6 Å². The fraction of sp³-hybridized carbons (Fsp3) is 0.737. The largest absolute Gasteiger partial charge is 0.393 e. The van der Waals surface area contributed by atoms with Gasteiger partial charge in [0.15, 0.2) is 11.9 Å². The van der Waals surface area contributed by atoms with E-state index < -0.39 is 57.3 Å². The number of aliphatic hydroxyl groups excluding tert-OH is 3. The Morgan fingerprint density at radius 3 is 2.63 bits per heavy atom. The van der Waals surface area contributed by atoms with Gasteiger partial charge in [-0.1, -0.05) is 12.8 Å². The van der Waals surface area contributed by atoms with Gasteiger partial charge < -0.3 is 44.6 Å². The molecule has 1 saturated carbocycles. The third kappa shape index (κ3) is 5.18. The second kappa shape index (κ2) is 10.5. The fourth-order valence-electron chi connectivity index (χ4n) is 4.38. The molecule has 4 rings (SSSR count). The van der Waals surface area contributed by atoms with Crippen LogP contribution in [0.4, 0.5) is 5.82 Å². The molecule has 14 nitrogen and oxygen atoms in total. The summed E-state index contributed by atoms with van der Waals surface area (Å²) in [5.74, 6) is 0.500. The standard InChI is InChI=1S/C19H29ClN5O9P/c1-32-9-19(8-26,35(29,30)31)33-7-12-13(27)14(28)17(34-12)25-16-11(6-21-25)15(23-18(20)24-16)22-10-4-2-3-5-10/h6,10,12-14,17,26-28H,2-5,7-9H2,1H3,(H,22,23,24)(H2,29,30,31)/t12-,13-,14-,17-,19?/m1/s1. The Kier molecular flexibility index (Phi) is 7.98. The average Bonchev–Trinajstić information content (AvgIpc) is 3.52. The van der Waals surface area contributed by atoms with Crippen LogP contribution in [0.5, 0.6) is 0 Å². The molecule has 0 bridgehead atoms. The molecule has 6 N–H and O–H groups in total. The van der Waals surface area contributed by atoms with E-state index in [4.69, 9.17) is 25.8 Å². The summed E-state index contributed by atoms with van der Waals surface area (Å²) in [5.41, 5.74) is 0.266. The number of anilines is 1. The molecule has 1 aliphatic carbocycles. The maximum Gasteiger partial charge on any atom is 0.361 e. The predicted molar refractivity (Wildman–Crippen MR) is 122 cm³/mol. The Hall–Kier alpha value is -1.45. The lowest BCUT2D eigenvalue weighted by Crippen LogP contribution is -2.44. The van der Waals surface area contributed by atoms with E-state index in [2.05, 4.69) is 20.4 Å². The molecule has 16 heteroatoms. The van der Waals surface area contributed by atoms with Gasteiger partial charge in [-0.25, -0.2) is 4.68 Å². The first-order chi connectivity index (χ1) is 16.6. The SMILES string of the molecule is COCC(CO)(OC[C@H]1O[C@@H](n2ncc3c(NC4CCCC4)nc(Cl)nc32)[C@H](O)[C@@H]1O)P(=O)(O)O. The molecule has 0 aromatic carbocycles. The molecule has 5 atom stereocenters. The Bertz CT molecular complexity index is 1080. The van der Waals surface area contributed by atoms with E-state index in [1.165, 1.54) is 18.0 Å². The van der Waals surface area contributed by atoms with Crippen LogP contribution in [0.3, 0.4) is 0 Å². The summed E-state index contributed by atoms with van der Waals surface area (Å²) >= 11 is 6.14. The number of hydrogen-bond donors (Lipinski definition) is 6. The van der Waals surface area contributed by atoms with Gasteiger partial charge in [0.05, 0.1) is 31.4 Å². The van der Waals surface area contributed by atoms with Crippen molar-refractivity contribution in [3.63, 3.8) is 0 Å². The molecule has 2 aliphatic rings. The maximum atomic E-state index is 11.9. The molecular formula is C19H29ClN5O9P. The molecule has 0 spiro atoms. The minimum absolute atomic E-state index is 0.0402. The van der Waals surface area contributed by atoms with E-state index in [9.17, 15) is 29.7 Å². The summed E-state index contributed by atoms with van der Waals surface area (Å²) in [6, 6.07) is 0.247. The Morgan fingerprint density at radius 1 is 1.29 bits per heavy atom. The molecule has 1 aliphatic heterocycles. The highest BCUT2D eigenvalue weighted by molar-refractivity contribution is 7.53. The van der Waals surface area contributed by atoms with Crippen LogP contribution in [0.2, 0.25) is 5.28 Å². The predicted octanol–water partition coefficient (Wildman–Crippen LogP) is -0.0173. The van der Waals surface area contributed by atoms with Crippen molar-refractivity contribution in [1.82, 2.24) is 19.7 Å². The van der Waals surface area contributed by atoms with Gasteiger partial charge in [0.1, 0.15) is 24.1 Å². The van der Waals surface area contributed by atoms with E-state index in [0.717, 1.165) is 25.7 Å². The van der Waals surface area contributed by atoms with Crippen molar-refractivity contribution in [2.45, 2.75) is 61.6 Å². The van der Waals surface area contributed by atoms with Crippen LogP contribution in [0, 0.1) is 0 Å². The third-order valence-corrected chi connectivity index (χ3v) is 8.00. The summed E-state index contributed by atoms with van der Waals surface area (Å²) in [6.07, 6.45) is 0.345. The molecule has 2 fully saturated rings. The van der Waals surface area contributed by atoms with E-state index in [0.29, 0.717) is 11.2 Å². The number of aromatic nitrogens is 4. The smallest absolute Gasteiger partial charge is 0.361 e. The first-order valence-corrected chi connectivity index (χ1v) is 13.1. The number of methoxy groups -OCH3 is 1. The minimum Gasteiger partial charge on any atom is -0.393 e. The first-order valence-electron chi connectivity index (χ1n) is 11.1. The number of aliphatic hydroxyl groups is 3. The second-order valence-electron chi connectivity index (χ2n) is 8.73. The zero-order valence-corrected chi connectivity index (χ0v) is 20.5. The third-order valence-electron chi connectivity index (χ3n) is 6.36. The van der Waals surface area contributed by atoms with E-state index in [1.54, 1.807) is 0 Å². The number of ether oxygens (including phenoxy) is 3. The molecule has 2 aromatic heterocycles. The fourth-order valence-corrected chi connectivity index (χ4v) is 5.27. The number of nitrogens with zero attached hydrogens (tertiary/aromatic N) is 4. The number of nitrogens with one attached hydrogen (secondary N) is 1. The molecule has 1 unspecified atom stereocenters. The lowest BCUT2D eigenvalue weighted by atomic mass is 10.1. The van der Waals surface area contributed by atoms with Gasteiger partial charge in [0, 0.05) is 13.2 Å². The lowest BCUT2D eigenvalue weighted by molar-refractivity contribution is -0.125. The molecule has 1 saturated heterocycles. The lowest BCUT2D eigenvalue weighted by Gasteiger charge is -2.32. The molecule has 196 valence electrons. The minimum atomic E-state index is -4.99. The van der Waals surface area contributed by atoms with E-state index in [-0.39, 0.29) is 17.0 Å². The highest BCUT2D eigenvalue weighted by atomic mass is 35.5. The van der Waals surface area contributed by atoms with Gasteiger partial charge in [0.25, 0.3) is 0 Å². The average molecular weight is 538 g/mol. The molecule has 0 amide bonds. The summed E-state index contributed by atoms with van der Waals surface area (Å²) in [7, 11) is -3.80. The van der Waals surface area contributed by atoms with Gasteiger partial charge in [-0.3, -0.25) is 4.57 Å². The molecular weight excluding hydrogens is 509 g/mol. The van der Waals surface area contributed by atoms with Crippen LogP contribution in [-0.4, -0.2) is 101 Å². The van der Waals surface area contributed by atoms with E-state index in [1.807, 2.05) is 0 Å². The van der Waals surface area contributed by atoms with Crippen LogP contribution in [-0.2, 0) is 18.8 Å². The number of hydrogen-bond acceptors (Lipinski definition) is 11. The molecule has 0 radical (unpaired) electrons. The topological polar surface area (TPSA) is 202 Å². The Balaban J connectivity index is 1.56. The molecule has 2 aromatic rings. The molecule has 3 heterocycles. The van der Waals surface area contributed by atoms with Gasteiger partial charge in [-0.05, 0) is 24.4 Å². The van der Waals surface area contributed by atoms with Crippen molar-refractivity contribution < 1.29 is 43.9 Å². The van der Waals surface area contributed by atoms with Crippen LogP contribution >= 0.6 is 19.2 Å². The van der Waals surface area contributed by atoms with Crippen LogP contribution in [0.15, 0.2) is 6.20 Å². The van der Waals surface area contributed by atoms with Crippen molar-refractivity contribution in [1.29, 1.82) is 0 Å². The monoisotopic (exact) mass is 537 g/mol. The highest BCUT2D eigenvalue weighted by Gasteiger charge is 2.51. The van der Waals surface area contributed by atoms with Crippen molar-refractivity contribution in [2.75, 3.05) is 32.2 Å². The summed E-state index contributed by atoms with van der Waals surface area (Å²) in [6.45, 7) is -2.22. The zero-order valence-electron chi connectivity index (χ0n) is 18.9. The summed E-state index contributed by atoms with van der Waals surface area (Å²) in [4.78, 5) is 27.8. The number of rotatable bonds is 10. The summed E-state index contributed by atoms with van der Waals surface area (Å²) < 4.78 is 29.1. The van der Waals surface area contributed by atoms with Gasteiger partial charge in [-0.15, -0.1) is 0 Å². The molecule has 35 heavy (non-hydrogen) atoms. The number of halogens is 1. The van der Waals surface area contributed by atoms with Crippen LogP contribution in [0.25, 0.3) is 11.0 Å². The summed E-state index contributed by atoms with van der Waals surface area (Å²) in [5, 5.41) is 36.6. The maximum absolute atomic E-state index is 11.9. The highest BCUT2D eigenvalue weighted by Crippen LogP contribution is 2.51. The van der Waals surface area contributed by atoms with Crippen LogP contribution < -0.4 is 5.32 Å². The van der Waals surface area contributed by atoms with Crippen molar-refractivity contribution >= 4 is 36.0 Å². The van der Waals surface area contributed by atoms with Crippen molar-refractivity contribution in [2.24, 2.45) is 0 Å². The van der Waals surface area contributed by atoms with E-state index >= 15 is 0 Å². The quantitative estimate of drug-likeness (QED) is 0.174. The van der Waals surface area contributed by atoms with Crippen molar-refractivity contribution in [3.8, 4) is 0 Å². The first kappa shape index (κ1) is 26.6. The number of fused-ring (bicyclic) bond motifs is 1. The van der Waals surface area contributed by atoms with Gasteiger partial charge in [-0.2, -0.15) is 15.1 Å². The van der Waals surface area contributed by atoms with Gasteiger partial charge >= 0.3 is 7.60 Å².